The average molecular weight is 261 g/mol. The Balaban J connectivity index is 2.76. The third-order valence-electron chi connectivity index (χ3n) is 2.55. The van der Waals surface area contributed by atoms with Gasteiger partial charge in [0.15, 0.2) is 0 Å². The Morgan fingerprint density at radius 1 is 1.28 bits per heavy atom. The molecule has 1 rings (SSSR count). The van der Waals surface area contributed by atoms with Gasteiger partial charge in [0.2, 0.25) is 0 Å². The van der Waals surface area contributed by atoms with Gasteiger partial charge in [-0.3, -0.25) is 9.88 Å². The van der Waals surface area contributed by atoms with E-state index in [0.717, 1.165) is 0 Å². The molecule has 0 fully saturated rings. The number of hydrogen-bond donors (Lipinski definition) is 1. The van der Waals surface area contributed by atoms with E-state index in [-0.39, 0.29) is 19.1 Å². The maximum Gasteiger partial charge on any atom is 0.401 e. The zero-order valence-corrected chi connectivity index (χ0v) is 10.5. The van der Waals surface area contributed by atoms with Gasteiger partial charge in [-0.05, 0) is 26.0 Å². The molecule has 3 nitrogen and oxygen atoms in total. The van der Waals surface area contributed by atoms with Crippen molar-refractivity contribution in [3.63, 3.8) is 0 Å². The Morgan fingerprint density at radius 3 is 2.39 bits per heavy atom. The monoisotopic (exact) mass is 261 g/mol. The molecular formula is C12H18F3N3. The lowest BCUT2D eigenvalue weighted by molar-refractivity contribution is -0.151. The molecule has 0 aliphatic rings. The van der Waals surface area contributed by atoms with E-state index < -0.39 is 12.7 Å². The van der Waals surface area contributed by atoms with Crippen LogP contribution in [-0.2, 0) is 13.1 Å². The molecule has 1 aromatic heterocycles. The van der Waals surface area contributed by atoms with Gasteiger partial charge in [0, 0.05) is 19.1 Å². The minimum atomic E-state index is -4.20. The molecular weight excluding hydrogens is 243 g/mol. The van der Waals surface area contributed by atoms with Crippen LogP contribution in [0.5, 0.6) is 0 Å². The van der Waals surface area contributed by atoms with Crippen molar-refractivity contribution >= 4 is 0 Å². The molecule has 0 spiro atoms. The molecule has 18 heavy (non-hydrogen) atoms. The van der Waals surface area contributed by atoms with E-state index in [1.807, 2.05) is 0 Å². The van der Waals surface area contributed by atoms with Crippen LogP contribution in [0.1, 0.15) is 25.2 Å². The van der Waals surface area contributed by atoms with Crippen LogP contribution in [0.25, 0.3) is 0 Å². The van der Waals surface area contributed by atoms with Crippen molar-refractivity contribution in [1.29, 1.82) is 0 Å². The second-order valence-corrected chi connectivity index (χ2v) is 4.44. The lowest BCUT2D eigenvalue weighted by atomic mass is 10.2. The molecule has 6 heteroatoms. The standard InChI is InChI=1S/C12H18F3N3/c1-9(2)18(8-12(13,14)15)7-11-5-3-4-10(6-16)17-11/h3-5,9H,6-8,16H2,1-2H3. The summed E-state index contributed by atoms with van der Waals surface area (Å²) in [4.78, 5) is 5.55. The van der Waals surface area contributed by atoms with Gasteiger partial charge in [-0.25, -0.2) is 0 Å². The van der Waals surface area contributed by atoms with Crippen molar-refractivity contribution < 1.29 is 13.2 Å². The molecule has 0 atom stereocenters. The fourth-order valence-electron chi connectivity index (χ4n) is 1.59. The number of alkyl halides is 3. The van der Waals surface area contributed by atoms with Gasteiger partial charge < -0.3 is 5.73 Å². The molecule has 0 radical (unpaired) electrons. The van der Waals surface area contributed by atoms with Crippen LogP contribution in [0.15, 0.2) is 18.2 Å². The highest BCUT2D eigenvalue weighted by Gasteiger charge is 2.31. The highest BCUT2D eigenvalue weighted by Crippen LogP contribution is 2.19. The molecule has 0 aromatic carbocycles. The maximum absolute atomic E-state index is 12.4. The first kappa shape index (κ1) is 14.9. The van der Waals surface area contributed by atoms with Crippen molar-refractivity contribution in [2.24, 2.45) is 5.73 Å². The van der Waals surface area contributed by atoms with E-state index >= 15 is 0 Å². The van der Waals surface area contributed by atoms with E-state index in [0.29, 0.717) is 11.4 Å². The minimum Gasteiger partial charge on any atom is -0.325 e. The van der Waals surface area contributed by atoms with E-state index in [4.69, 9.17) is 5.73 Å². The number of hydrogen-bond acceptors (Lipinski definition) is 3. The van der Waals surface area contributed by atoms with Crippen LogP contribution in [0.3, 0.4) is 0 Å². The summed E-state index contributed by atoms with van der Waals surface area (Å²) in [5.41, 5.74) is 6.75. The van der Waals surface area contributed by atoms with Crippen LogP contribution in [-0.4, -0.2) is 28.6 Å². The Bertz CT molecular complexity index is 377. The Morgan fingerprint density at radius 2 is 1.89 bits per heavy atom. The maximum atomic E-state index is 12.4. The van der Waals surface area contributed by atoms with Crippen LogP contribution in [0.2, 0.25) is 0 Å². The second-order valence-electron chi connectivity index (χ2n) is 4.44. The third-order valence-corrected chi connectivity index (χ3v) is 2.55. The normalized spacial score (nSPS) is 12.4. The van der Waals surface area contributed by atoms with Gasteiger partial charge in [-0.15, -0.1) is 0 Å². The molecule has 2 N–H and O–H groups in total. The van der Waals surface area contributed by atoms with Gasteiger partial charge in [-0.2, -0.15) is 13.2 Å². The van der Waals surface area contributed by atoms with Gasteiger partial charge in [0.1, 0.15) is 0 Å². The van der Waals surface area contributed by atoms with E-state index in [1.165, 1.54) is 4.90 Å². The first-order valence-corrected chi connectivity index (χ1v) is 5.77. The highest BCUT2D eigenvalue weighted by atomic mass is 19.4. The van der Waals surface area contributed by atoms with Crippen molar-refractivity contribution in [3.05, 3.63) is 29.6 Å². The summed E-state index contributed by atoms with van der Waals surface area (Å²) in [5, 5.41) is 0. The van der Waals surface area contributed by atoms with E-state index in [2.05, 4.69) is 4.98 Å². The van der Waals surface area contributed by atoms with E-state index in [9.17, 15) is 13.2 Å². The van der Waals surface area contributed by atoms with Gasteiger partial charge in [-0.1, -0.05) is 6.07 Å². The predicted molar refractivity (Wildman–Crippen MR) is 63.7 cm³/mol. The summed E-state index contributed by atoms with van der Waals surface area (Å²) in [7, 11) is 0. The van der Waals surface area contributed by atoms with Gasteiger partial charge in [0.05, 0.1) is 17.9 Å². The molecule has 102 valence electrons. The Hall–Kier alpha value is -1.14. The zero-order valence-electron chi connectivity index (χ0n) is 10.5. The molecule has 0 amide bonds. The third kappa shape index (κ3) is 5.01. The molecule has 0 bridgehead atoms. The molecule has 0 saturated carbocycles. The summed E-state index contributed by atoms with van der Waals surface area (Å²) in [5.74, 6) is 0. The molecule has 0 saturated heterocycles. The topological polar surface area (TPSA) is 42.1 Å². The largest absolute Gasteiger partial charge is 0.401 e. The number of nitrogens with zero attached hydrogens (tertiary/aromatic N) is 2. The van der Waals surface area contributed by atoms with E-state index in [1.54, 1.807) is 32.0 Å². The van der Waals surface area contributed by atoms with Crippen LogP contribution >= 0.6 is 0 Å². The number of halogens is 3. The first-order valence-electron chi connectivity index (χ1n) is 5.77. The number of nitrogens with two attached hydrogens (primary N) is 1. The molecule has 1 aromatic rings. The van der Waals surface area contributed by atoms with Crippen molar-refractivity contribution in [2.45, 2.75) is 39.2 Å². The highest BCUT2D eigenvalue weighted by molar-refractivity contribution is 5.11. The summed E-state index contributed by atoms with van der Waals surface area (Å²) in [6.45, 7) is 3.00. The molecule has 0 aliphatic carbocycles. The Labute approximate surface area is 105 Å². The zero-order chi connectivity index (χ0) is 13.8. The minimum absolute atomic E-state index is 0.172. The number of pyridine rings is 1. The summed E-state index contributed by atoms with van der Waals surface area (Å²) >= 11 is 0. The Kier molecular flexibility index (Phi) is 5.10. The summed E-state index contributed by atoms with van der Waals surface area (Å²) in [6.07, 6.45) is -4.20. The van der Waals surface area contributed by atoms with Crippen LogP contribution < -0.4 is 5.73 Å². The predicted octanol–water partition coefficient (Wildman–Crippen LogP) is 2.31. The molecule has 0 unspecified atom stereocenters. The van der Waals surface area contributed by atoms with Gasteiger partial charge in [0.25, 0.3) is 0 Å². The van der Waals surface area contributed by atoms with Crippen LogP contribution in [0, 0.1) is 0 Å². The second kappa shape index (κ2) is 6.15. The quantitative estimate of drug-likeness (QED) is 0.884. The van der Waals surface area contributed by atoms with Gasteiger partial charge >= 0.3 is 6.18 Å². The SMILES string of the molecule is CC(C)N(Cc1cccc(CN)n1)CC(F)(F)F. The number of rotatable bonds is 5. The lowest BCUT2D eigenvalue weighted by Crippen LogP contribution is -2.38. The summed E-state index contributed by atoms with van der Waals surface area (Å²) < 4.78 is 37.3. The van der Waals surface area contributed by atoms with Crippen molar-refractivity contribution in [2.75, 3.05) is 6.54 Å². The summed E-state index contributed by atoms with van der Waals surface area (Å²) in [6, 6.07) is 5.03. The first-order chi connectivity index (χ1) is 8.31. The molecule has 1 heterocycles. The fourth-order valence-corrected chi connectivity index (χ4v) is 1.59. The van der Waals surface area contributed by atoms with Crippen molar-refractivity contribution in [1.82, 2.24) is 9.88 Å². The smallest absolute Gasteiger partial charge is 0.325 e. The average Bonchev–Trinajstić information content (AvgIpc) is 2.26. The van der Waals surface area contributed by atoms with Crippen molar-refractivity contribution in [3.8, 4) is 0 Å². The number of aromatic nitrogens is 1. The fraction of sp³-hybridized carbons (Fsp3) is 0.583. The molecule has 0 aliphatic heterocycles. The van der Waals surface area contributed by atoms with Crippen LogP contribution in [0.4, 0.5) is 13.2 Å². The lowest BCUT2D eigenvalue weighted by Gasteiger charge is -2.27.